The molecule has 190 valence electrons. The van der Waals surface area contributed by atoms with Crippen molar-refractivity contribution in [3.63, 3.8) is 0 Å². The number of methoxy groups -OCH3 is 1. The van der Waals surface area contributed by atoms with Gasteiger partial charge in [-0.25, -0.2) is 9.97 Å². The van der Waals surface area contributed by atoms with E-state index in [1.807, 2.05) is 32.0 Å². The molecule has 4 aromatic rings. The number of pyridine rings is 1. The third kappa shape index (κ3) is 5.80. The van der Waals surface area contributed by atoms with E-state index in [1.54, 1.807) is 18.3 Å². The van der Waals surface area contributed by atoms with Gasteiger partial charge >= 0.3 is 0 Å². The fourth-order valence-electron chi connectivity index (χ4n) is 3.46. The van der Waals surface area contributed by atoms with Crippen LogP contribution in [0.2, 0.25) is 0 Å². The lowest BCUT2D eigenvalue weighted by Crippen LogP contribution is -2.23. The van der Waals surface area contributed by atoms with Gasteiger partial charge in [0.25, 0.3) is 11.2 Å². The van der Waals surface area contributed by atoms with Crippen molar-refractivity contribution in [1.82, 2.24) is 14.6 Å². The van der Waals surface area contributed by atoms with E-state index in [0.717, 1.165) is 17.1 Å². The van der Waals surface area contributed by atoms with Gasteiger partial charge in [0.05, 0.1) is 32.7 Å². The highest BCUT2D eigenvalue weighted by molar-refractivity contribution is 14.1. The number of rotatable bonds is 8. The average Bonchev–Trinajstić information content (AvgIpc) is 2.89. The minimum Gasteiger partial charge on any atom is -0.493 e. The maximum absolute atomic E-state index is 13.3. The maximum Gasteiger partial charge on any atom is 0.287 e. The Morgan fingerprint density at radius 1 is 1.27 bits per heavy atom. The number of benzene rings is 2. The van der Waals surface area contributed by atoms with Crippen molar-refractivity contribution in [3.05, 3.63) is 88.6 Å². The first-order valence-electron chi connectivity index (χ1n) is 11.1. The molecule has 1 atom stereocenters. The molecular formula is C25H21BrIN5O5. The summed E-state index contributed by atoms with van der Waals surface area (Å²) in [6, 6.07) is 11.7. The molecule has 0 aliphatic rings. The van der Waals surface area contributed by atoms with E-state index in [9.17, 15) is 14.9 Å². The Hall–Kier alpha value is -3.39. The Labute approximate surface area is 233 Å². The summed E-state index contributed by atoms with van der Waals surface area (Å²) in [5.74, 6) is 1.57. The van der Waals surface area contributed by atoms with Gasteiger partial charge in [-0.1, -0.05) is 29.8 Å². The van der Waals surface area contributed by atoms with Gasteiger partial charge in [-0.2, -0.15) is 9.78 Å². The Morgan fingerprint density at radius 2 is 2.05 bits per heavy atom. The summed E-state index contributed by atoms with van der Waals surface area (Å²) in [5, 5.41) is 15.8. The molecule has 2 heterocycles. The van der Waals surface area contributed by atoms with Gasteiger partial charge in [0.1, 0.15) is 12.0 Å². The molecule has 0 saturated carbocycles. The summed E-state index contributed by atoms with van der Waals surface area (Å²) in [7, 11) is 1.50. The molecule has 0 amide bonds. The van der Waals surface area contributed by atoms with Crippen molar-refractivity contribution in [3.8, 4) is 17.4 Å². The van der Waals surface area contributed by atoms with Crippen LogP contribution in [-0.2, 0) is 0 Å². The normalized spacial score (nSPS) is 12.1. The van der Waals surface area contributed by atoms with Crippen LogP contribution in [0.3, 0.4) is 0 Å². The molecule has 0 saturated heterocycles. The van der Waals surface area contributed by atoms with E-state index in [4.69, 9.17) is 14.5 Å². The molecule has 0 aliphatic carbocycles. The van der Waals surface area contributed by atoms with E-state index >= 15 is 0 Å². The Balaban J connectivity index is 1.72. The van der Waals surface area contributed by atoms with Crippen LogP contribution in [0.25, 0.3) is 10.9 Å². The van der Waals surface area contributed by atoms with Crippen LogP contribution in [0.15, 0.2) is 63.0 Å². The molecule has 0 unspecified atom stereocenters. The minimum atomic E-state index is -0.531. The number of ether oxygens (including phenoxy) is 2. The molecule has 2 aromatic heterocycles. The summed E-state index contributed by atoms with van der Waals surface area (Å²) >= 11 is 5.51. The van der Waals surface area contributed by atoms with Crippen molar-refractivity contribution >= 4 is 61.3 Å². The first-order valence-corrected chi connectivity index (χ1v) is 13.0. The number of hydrogen-bond acceptors (Lipinski definition) is 8. The van der Waals surface area contributed by atoms with Crippen LogP contribution in [-0.4, -0.2) is 32.9 Å². The lowest BCUT2D eigenvalue weighted by Gasteiger charge is -2.14. The number of hydrogen-bond donors (Lipinski definition) is 0. The first kappa shape index (κ1) is 26.7. The van der Waals surface area contributed by atoms with E-state index in [0.29, 0.717) is 37.4 Å². The predicted molar refractivity (Wildman–Crippen MR) is 152 cm³/mol. The predicted octanol–water partition coefficient (Wildman–Crippen LogP) is 6.26. The number of nitro groups is 1. The molecule has 0 bridgehead atoms. The molecular weight excluding hydrogens is 657 g/mol. The summed E-state index contributed by atoms with van der Waals surface area (Å²) in [6.07, 6.45) is 3.48. The Bertz CT molecular complexity index is 1570. The monoisotopic (exact) mass is 677 g/mol. The van der Waals surface area contributed by atoms with Gasteiger partial charge in [0.2, 0.25) is 5.88 Å². The van der Waals surface area contributed by atoms with Gasteiger partial charge in [-0.05, 0) is 64.9 Å². The molecule has 0 fully saturated rings. The molecule has 0 radical (unpaired) electrons. The summed E-state index contributed by atoms with van der Waals surface area (Å²) in [6.45, 7) is 4.03. The molecule has 0 N–H and O–H groups in total. The van der Waals surface area contributed by atoms with E-state index < -0.39 is 4.92 Å². The van der Waals surface area contributed by atoms with Crippen LogP contribution in [0.1, 0.15) is 37.6 Å². The molecule has 10 nitrogen and oxygen atoms in total. The molecule has 0 aliphatic heterocycles. The number of halogens is 2. The third-order valence-electron chi connectivity index (χ3n) is 5.60. The maximum atomic E-state index is 13.3. The average molecular weight is 678 g/mol. The molecule has 2 aromatic carbocycles. The quantitative estimate of drug-likeness (QED) is 0.0933. The second kappa shape index (κ2) is 11.3. The zero-order valence-corrected chi connectivity index (χ0v) is 23.8. The van der Waals surface area contributed by atoms with E-state index in [-0.39, 0.29) is 23.0 Å². The second-order valence-corrected chi connectivity index (χ2v) is 10.1. The molecule has 12 heteroatoms. The van der Waals surface area contributed by atoms with Crippen LogP contribution < -0.4 is 15.0 Å². The standard InChI is InChI=1S/C25H21BrIN5O5/c1-4-14(2)24-30-20-7-5-16(26)11-18(20)25(33)31(24)29-12-15-9-19(27)23(21(10-15)36-3)37-22-8-6-17(13-28-22)32(34)35/h5-14H,4H2,1-3H3/t14-/m0/s1. The van der Waals surface area contributed by atoms with Gasteiger partial charge in [0.15, 0.2) is 11.5 Å². The highest BCUT2D eigenvalue weighted by atomic mass is 127. The number of nitrogens with zero attached hydrogens (tertiary/aromatic N) is 5. The lowest BCUT2D eigenvalue weighted by atomic mass is 10.1. The Kier molecular flexibility index (Phi) is 8.17. The first-order chi connectivity index (χ1) is 17.7. The van der Waals surface area contributed by atoms with Crippen LogP contribution >= 0.6 is 38.5 Å². The fraction of sp³-hybridized carbons (Fsp3) is 0.200. The van der Waals surface area contributed by atoms with Crippen molar-refractivity contribution in [2.24, 2.45) is 5.10 Å². The lowest BCUT2D eigenvalue weighted by molar-refractivity contribution is -0.385. The third-order valence-corrected chi connectivity index (χ3v) is 6.89. The smallest absolute Gasteiger partial charge is 0.287 e. The fourth-order valence-corrected chi connectivity index (χ4v) is 4.56. The van der Waals surface area contributed by atoms with Crippen molar-refractivity contribution in [2.45, 2.75) is 26.2 Å². The van der Waals surface area contributed by atoms with Crippen molar-refractivity contribution in [1.29, 1.82) is 0 Å². The summed E-state index contributed by atoms with van der Waals surface area (Å²) in [5.41, 5.74) is 0.890. The van der Waals surface area contributed by atoms with Gasteiger partial charge in [-0.3, -0.25) is 14.9 Å². The molecule has 4 rings (SSSR count). The van der Waals surface area contributed by atoms with E-state index in [2.05, 4.69) is 48.6 Å². The topological polar surface area (TPSA) is 122 Å². The van der Waals surface area contributed by atoms with Crippen molar-refractivity contribution < 1.29 is 14.4 Å². The summed E-state index contributed by atoms with van der Waals surface area (Å²) in [4.78, 5) is 32.4. The van der Waals surface area contributed by atoms with Crippen LogP contribution in [0.4, 0.5) is 5.69 Å². The molecule has 0 spiro atoms. The SMILES string of the molecule is CC[C@H](C)c1nc2ccc(Br)cc2c(=O)n1N=Cc1cc(I)c(Oc2ccc([N+](=O)[O-])cn2)c(OC)c1. The Morgan fingerprint density at radius 3 is 2.70 bits per heavy atom. The zero-order valence-electron chi connectivity index (χ0n) is 20.0. The van der Waals surface area contributed by atoms with Gasteiger partial charge < -0.3 is 9.47 Å². The highest BCUT2D eigenvalue weighted by Crippen LogP contribution is 2.36. The highest BCUT2D eigenvalue weighted by Gasteiger charge is 2.17. The zero-order chi connectivity index (χ0) is 26.7. The van der Waals surface area contributed by atoms with Gasteiger partial charge in [-0.15, -0.1) is 0 Å². The number of aromatic nitrogens is 3. The minimum absolute atomic E-state index is 0.0116. The second-order valence-electron chi connectivity index (χ2n) is 8.05. The van der Waals surface area contributed by atoms with Crippen LogP contribution in [0.5, 0.6) is 17.4 Å². The van der Waals surface area contributed by atoms with Gasteiger partial charge in [0, 0.05) is 22.5 Å². The van der Waals surface area contributed by atoms with E-state index in [1.165, 1.54) is 23.9 Å². The number of fused-ring (bicyclic) bond motifs is 1. The largest absolute Gasteiger partial charge is 0.493 e. The summed E-state index contributed by atoms with van der Waals surface area (Å²) < 4.78 is 14.2. The molecule has 37 heavy (non-hydrogen) atoms. The van der Waals surface area contributed by atoms with Crippen molar-refractivity contribution in [2.75, 3.05) is 7.11 Å². The van der Waals surface area contributed by atoms with Crippen LogP contribution in [0, 0.1) is 13.7 Å².